The van der Waals surface area contributed by atoms with Crippen LogP contribution in [0.15, 0.2) is 28.9 Å². The van der Waals surface area contributed by atoms with Crippen LogP contribution in [0.5, 0.6) is 0 Å². The van der Waals surface area contributed by atoms with Crippen molar-refractivity contribution in [3.8, 4) is 0 Å². The quantitative estimate of drug-likeness (QED) is 0.655. The Bertz CT molecular complexity index is 735. The summed E-state index contributed by atoms with van der Waals surface area (Å²) in [7, 11) is 0. The number of benzene rings is 1. The van der Waals surface area contributed by atoms with Crippen molar-refractivity contribution in [2.75, 3.05) is 30.3 Å². The molecule has 0 amide bonds. The molecule has 2 aromatic rings. The van der Waals surface area contributed by atoms with Gasteiger partial charge < -0.3 is 15.4 Å². The summed E-state index contributed by atoms with van der Waals surface area (Å²) < 4.78 is 6.10. The summed E-state index contributed by atoms with van der Waals surface area (Å²) in [6, 6.07) is 5.85. The molecule has 0 spiro atoms. The smallest absolute Gasteiger partial charge is 0.310 e. The minimum absolute atomic E-state index is 0.0924. The number of carbonyl (C=O) groups is 1. The topological polar surface area (TPSA) is 68.5 Å². The van der Waals surface area contributed by atoms with Gasteiger partial charge in [0.1, 0.15) is 5.82 Å². The maximum Gasteiger partial charge on any atom is 0.310 e. The van der Waals surface area contributed by atoms with Crippen LogP contribution in [-0.2, 0) is 9.53 Å². The van der Waals surface area contributed by atoms with Crippen molar-refractivity contribution in [3.63, 3.8) is 0 Å². The van der Waals surface area contributed by atoms with Gasteiger partial charge in [-0.25, -0.2) is 4.98 Å². The Morgan fingerprint density at radius 3 is 3.09 bits per heavy atom. The highest BCUT2D eigenvalue weighted by Gasteiger charge is 2.28. The number of carbonyl (C=O) groups excluding carboxylic acids is 1. The zero-order valence-electron chi connectivity index (χ0n) is 13.1. The molecule has 3 rings (SSSR count). The van der Waals surface area contributed by atoms with Gasteiger partial charge in [-0.3, -0.25) is 4.79 Å². The minimum Gasteiger partial charge on any atom is -0.466 e. The lowest BCUT2D eigenvalue weighted by Gasteiger charge is -2.33. The van der Waals surface area contributed by atoms with E-state index in [1.54, 1.807) is 6.20 Å². The molecule has 23 heavy (non-hydrogen) atoms. The summed E-state index contributed by atoms with van der Waals surface area (Å²) >= 11 is 3.50. The Morgan fingerprint density at radius 1 is 1.48 bits per heavy atom. The van der Waals surface area contributed by atoms with Crippen molar-refractivity contribution in [1.82, 2.24) is 4.98 Å². The molecule has 1 aromatic heterocycles. The first kappa shape index (κ1) is 16.1. The first-order chi connectivity index (χ1) is 11.1. The Labute approximate surface area is 143 Å². The zero-order valence-corrected chi connectivity index (χ0v) is 14.7. The highest BCUT2D eigenvalue weighted by molar-refractivity contribution is 9.10. The third-order valence-electron chi connectivity index (χ3n) is 4.20. The van der Waals surface area contributed by atoms with Crippen LogP contribution in [-0.4, -0.2) is 30.6 Å². The number of piperidine rings is 1. The molecule has 1 atom stereocenters. The minimum atomic E-state index is -0.113. The molecule has 1 fully saturated rings. The van der Waals surface area contributed by atoms with Gasteiger partial charge in [0.2, 0.25) is 0 Å². The normalized spacial score (nSPS) is 18.2. The highest BCUT2D eigenvalue weighted by atomic mass is 79.9. The average molecular weight is 378 g/mol. The van der Waals surface area contributed by atoms with Gasteiger partial charge >= 0.3 is 5.97 Å². The number of anilines is 2. The fourth-order valence-electron chi connectivity index (χ4n) is 3.14. The zero-order chi connectivity index (χ0) is 16.4. The third-order valence-corrected chi connectivity index (χ3v) is 4.65. The number of nitrogens with zero attached hydrogens (tertiary/aromatic N) is 2. The number of fused-ring (bicyclic) bond motifs is 1. The van der Waals surface area contributed by atoms with Gasteiger partial charge in [-0.1, -0.05) is 15.9 Å². The van der Waals surface area contributed by atoms with Gasteiger partial charge in [0.05, 0.1) is 12.5 Å². The molecule has 0 aliphatic carbocycles. The second-order valence-corrected chi connectivity index (χ2v) is 6.68. The van der Waals surface area contributed by atoms with Crippen LogP contribution < -0.4 is 10.6 Å². The molecular weight excluding hydrogens is 358 g/mol. The van der Waals surface area contributed by atoms with E-state index in [0.29, 0.717) is 13.2 Å². The summed E-state index contributed by atoms with van der Waals surface area (Å²) in [6.07, 6.45) is 3.59. The Balaban J connectivity index is 1.95. The monoisotopic (exact) mass is 377 g/mol. The molecule has 6 heteroatoms. The molecule has 1 unspecified atom stereocenters. The second-order valence-electron chi connectivity index (χ2n) is 5.76. The van der Waals surface area contributed by atoms with Crippen molar-refractivity contribution >= 4 is 44.2 Å². The molecule has 0 radical (unpaired) electrons. The molecule has 1 saturated heterocycles. The molecule has 5 nitrogen and oxygen atoms in total. The number of pyridine rings is 1. The van der Waals surface area contributed by atoms with E-state index in [1.165, 1.54) is 0 Å². The first-order valence-electron chi connectivity index (χ1n) is 7.85. The summed E-state index contributed by atoms with van der Waals surface area (Å²) in [5.41, 5.74) is 6.84. The number of nitrogen functional groups attached to an aromatic ring is 1. The van der Waals surface area contributed by atoms with E-state index < -0.39 is 0 Å². The summed E-state index contributed by atoms with van der Waals surface area (Å²) in [5, 5.41) is 1.99. The SMILES string of the molecule is CCOC(=O)C1CCCN(c2nccc3c(N)cc(Br)cc23)C1. The Hall–Kier alpha value is -1.82. The molecule has 2 N–H and O–H groups in total. The van der Waals surface area contributed by atoms with E-state index in [9.17, 15) is 4.79 Å². The highest BCUT2D eigenvalue weighted by Crippen LogP contribution is 2.33. The van der Waals surface area contributed by atoms with Crippen LogP contribution in [0.2, 0.25) is 0 Å². The predicted molar refractivity (Wildman–Crippen MR) is 95.4 cm³/mol. The lowest BCUT2D eigenvalue weighted by molar-refractivity contribution is -0.148. The summed E-state index contributed by atoms with van der Waals surface area (Å²) in [4.78, 5) is 18.8. The van der Waals surface area contributed by atoms with E-state index >= 15 is 0 Å². The standard InChI is InChI=1S/C17H20BrN3O2/c1-2-23-17(22)11-4-3-7-21(10-11)16-14-8-12(18)9-15(19)13(14)5-6-20-16/h5-6,8-9,11H,2-4,7,10,19H2,1H3. The van der Waals surface area contributed by atoms with Crippen molar-refractivity contribution in [2.24, 2.45) is 5.92 Å². The van der Waals surface area contributed by atoms with Crippen LogP contribution in [0, 0.1) is 5.92 Å². The summed E-state index contributed by atoms with van der Waals surface area (Å²) in [5.74, 6) is 0.674. The largest absolute Gasteiger partial charge is 0.466 e. The van der Waals surface area contributed by atoms with Crippen molar-refractivity contribution in [2.45, 2.75) is 19.8 Å². The van der Waals surface area contributed by atoms with Gasteiger partial charge in [0.25, 0.3) is 0 Å². The molecule has 1 aromatic carbocycles. The van der Waals surface area contributed by atoms with E-state index in [4.69, 9.17) is 10.5 Å². The number of ether oxygens (including phenoxy) is 1. The Kier molecular flexibility index (Phi) is 4.71. The van der Waals surface area contributed by atoms with E-state index in [1.807, 2.05) is 25.1 Å². The van der Waals surface area contributed by atoms with Crippen LogP contribution >= 0.6 is 15.9 Å². The predicted octanol–water partition coefficient (Wildman–Crippen LogP) is 3.36. The van der Waals surface area contributed by atoms with Gasteiger partial charge in [-0.05, 0) is 38.0 Å². The number of hydrogen-bond acceptors (Lipinski definition) is 5. The van der Waals surface area contributed by atoms with E-state index in [-0.39, 0.29) is 11.9 Å². The molecule has 122 valence electrons. The molecular formula is C17H20BrN3O2. The van der Waals surface area contributed by atoms with Crippen molar-refractivity contribution in [1.29, 1.82) is 0 Å². The lowest BCUT2D eigenvalue weighted by atomic mass is 9.97. The molecule has 2 heterocycles. The molecule has 1 aliphatic heterocycles. The van der Waals surface area contributed by atoms with Crippen LogP contribution in [0.3, 0.4) is 0 Å². The van der Waals surface area contributed by atoms with Crippen LogP contribution in [0.4, 0.5) is 11.5 Å². The van der Waals surface area contributed by atoms with E-state index in [0.717, 1.165) is 46.1 Å². The number of esters is 1. The average Bonchev–Trinajstić information content (AvgIpc) is 2.54. The maximum atomic E-state index is 12.1. The van der Waals surface area contributed by atoms with Gasteiger partial charge in [-0.15, -0.1) is 0 Å². The molecule has 0 bridgehead atoms. The lowest BCUT2D eigenvalue weighted by Crippen LogP contribution is -2.40. The van der Waals surface area contributed by atoms with Crippen molar-refractivity contribution in [3.05, 3.63) is 28.9 Å². The summed E-state index contributed by atoms with van der Waals surface area (Å²) in [6.45, 7) is 3.78. The van der Waals surface area contributed by atoms with Crippen LogP contribution in [0.25, 0.3) is 10.8 Å². The number of aromatic nitrogens is 1. The first-order valence-corrected chi connectivity index (χ1v) is 8.64. The number of nitrogens with two attached hydrogens (primary N) is 1. The Morgan fingerprint density at radius 2 is 2.30 bits per heavy atom. The molecule has 0 saturated carbocycles. The van der Waals surface area contributed by atoms with Gasteiger partial charge in [-0.2, -0.15) is 0 Å². The fourth-order valence-corrected chi connectivity index (χ4v) is 3.61. The number of hydrogen-bond donors (Lipinski definition) is 1. The van der Waals surface area contributed by atoms with Crippen molar-refractivity contribution < 1.29 is 9.53 Å². The van der Waals surface area contributed by atoms with Crippen LogP contribution in [0.1, 0.15) is 19.8 Å². The number of halogens is 1. The van der Waals surface area contributed by atoms with Gasteiger partial charge in [0.15, 0.2) is 0 Å². The number of rotatable bonds is 3. The van der Waals surface area contributed by atoms with E-state index in [2.05, 4.69) is 25.8 Å². The third kappa shape index (κ3) is 3.27. The molecule has 1 aliphatic rings. The second kappa shape index (κ2) is 6.74. The fraction of sp³-hybridized carbons (Fsp3) is 0.412. The van der Waals surface area contributed by atoms with Gasteiger partial charge in [0, 0.05) is 40.2 Å². The maximum absolute atomic E-state index is 12.1.